The number of halogens is 1. The first-order valence-corrected chi connectivity index (χ1v) is 8.91. The first kappa shape index (κ1) is 21.0. The molecular formula is C21H20ClN3O3. The third-order valence-corrected chi connectivity index (χ3v) is 4.05. The highest BCUT2D eigenvalue weighted by atomic mass is 35.5. The molecule has 2 aromatic rings. The van der Waals surface area contributed by atoms with Crippen LogP contribution in [0.15, 0.2) is 48.5 Å². The molecule has 2 rings (SSSR count). The maximum Gasteiger partial charge on any atom is 0.243 e. The van der Waals surface area contributed by atoms with Crippen molar-refractivity contribution < 1.29 is 14.4 Å². The number of hydrogen-bond acceptors (Lipinski definition) is 3. The van der Waals surface area contributed by atoms with Gasteiger partial charge in [0.2, 0.25) is 17.7 Å². The molecule has 0 aliphatic rings. The number of carbonyl (C=O) groups excluding carboxylic acids is 3. The lowest BCUT2D eigenvalue weighted by Gasteiger charge is -2.18. The van der Waals surface area contributed by atoms with E-state index in [1.54, 1.807) is 48.5 Å². The number of rotatable bonds is 7. The quantitative estimate of drug-likeness (QED) is 0.628. The predicted octanol–water partition coefficient (Wildman–Crippen LogP) is 2.64. The van der Waals surface area contributed by atoms with E-state index in [0.717, 1.165) is 5.56 Å². The Kier molecular flexibility index (Phi) is 7.61. The molecule has 0 aliphatic heterocycles. The van der Waals surface area contributed by atoms with Crippen molar-refractivity contribution in [2.45, 2.75) is 19.4 Å². The third-order valence-electron chi connectivity index (χ3n) is 3.80. The number of nitrogens with one attached hydrogen (secondary N) is 3. The summed E-state index contributed by atoms with van der Waals surface area (Å²) < 4.78 is 0. The van der Waals surface area contributed by atoms with E-state index in [4.69, 9.17) is 18.0 Å². The molecule has 144 valence electrons. The minimum absolute atomic E-state index is 0.0128. The first-order valence-electron chi connectivity index (χ1n) is 8.53. The van der Waals surface area contributed by atoms with E-state index < -0.39 is 6.04 Å². The van der Waals surface area contributed by atoms with E-state index in [1.165, 1.54) is 6.92 Å². The van der Waals surface area contributed by atoms with Gasteiger partial charge < -0.3 is 16.0 Å². The van der Waals surface area contributed by atoms with E-state index in [2.05, 4.69) is 21.9 Å². The monoisotopic (exact) mass is 397 g/mol. The number of carbonyl (C=O) groups is 3. The second-order valence-corrected chi connectivity index (χ2v) is 6.50. The summed E-state index contributed by atoms with van der Waals surface area (Å²) in [5.41, 5.74) is 1.93. The molecule has 0 fully saturated rings. The van der Waals surface area contributed by atoms with Gasteiger partial charge in [0.15, 0.2) is 0 Å². The summed E-state index contributed by atoms with van der Waals surface area (Å²) in [5.74, 6) is 1.46. The molecule has 0 bridgehead atoms. The molecule has 0 spiro atoms. The molecule has 28 heavy (non-hydrogen) atoms. The Balaban J connectivity index is 1.91. The molecule has 0 aromatic heterocycles. The van der Waals surface area contributed by atoms with E-state index in [-0.39, 0.29) is 30.7 Å². The zero-order valence-corrected chi connectivity index (χ0v) is 16.0. The van der Waals surface area contributed by atoms with Gasteiger partial charge in [0.05, 0.1) is 19.0 Å². The fraction of sp³-hybridized carbons (Fsp3) is 0.190. The van der Waals surface area contributed by atoms with Gasteiger partial charge >= 0.3 is 0 Å². The van der Waals surface area contributed by atoms with Gasteiger partial charge in [-0.05, 0) is 35.9 Å². The lowest BCUT2D eigenvalue weighted by Crippen LogP contribution is -2.36. The molecule has 0 saturated heterocycles. The lowest BCUT2D eigenvalue weighted by atomic mass is 10.0. The van der Waals surface area contributed by atoms with Crippen LogP contribution in [0, 0.1) is 12.3 Å². The maximum atomic E-state index is 12.2. The smallest absolute Gasteiger partial charge is 0.243 e. The summed E-state index contributed by atoms with van der Waals surface area (Å²) in [6, 6.07) is 13.2. The second kappa shape index (κ2) is 10.1. The molecule has 0 radical (unpaired) electrons. The predicted molar refractivity (Wildman–Crippen MR) is 109 cm³/mol. The summed E-state index contributed by atoms with van der Waals surface area (Å²) in [6.45, 7) is 1.17. The van der Waals surface area contributed by atoms with Crippen LogP contribution in [-0.2, 0) is 14.4 Å². The van der Waals surface area contributed by atoms with Gasteiger partial charge in [0, 0.05) is 23.2 Å². The van der Waals surface area contributed by atoms with Crippen molar-refractivity contribution >= 4 is 35.0 Å². The van der Waals surface area contributed by atoms with Gasteiger partial charge in [-0.1, -0.05) is 35.7 Å². The minimum atomic E-state index is -0.523. The van der Waals surface area contributed by atoms with Crippen LogP contribution < -0.4 is 16.0 Å². The fourth-order valence-corrected chi connectivity index (χ4v) is 2.65. The largest absolute Gasteiger partial charge is 0.349 e. The normalized spacial score (nSPS) is 11.0. The van der Waals surface area contributed by atoms with Crippen LogP contribution in [0.1, 0.15) is 30.5 Å². The highest BCUT2D eigenvalue weighted by Gasteiger charge is 2.17. The molecule has 1 atom stereocenters. The highest BCUT2D eigenvalue weighted by molar-refractivity contribution is 6.30. The number of terminal acetylenes is 1. The standard InChI is InChI=1S/C21H20ClN3O3/c1-3-15-5-4-6-18(11-15)25-21(28)13-23-20(27)12-19(24-14(2)26)16-7-9-17(22)10-8-16/h1,4-11,19H,12-13H2,2H3,(H,23,27)(H,24,26)(H,25,28). The Hall–Kier alpha value is -3.30. The molecule has 3 amide bonds. The van der Waals surface area contributed by atoms with Crippen LogP contribution in [0.5, 0.6) is 0 Å². The van der Waals surface area contributed by atoms with Crippen molar-refractivity contribution in [2.24, 2.45) is 0 Å². The molecule has 2 aromatic carbocycles. The average Bonchev–Trinajstić information content (AvgIpc) is 2.66. The summed E-state index contributed by atoms with van der Waals surface area (Å²) in [5, 5.41) is 8.49. The fourth-order valence-electron chi connectivity index (χ4n) is 2.52. The average molecular weight is 398 g/mol. The van der Waals surface area contributed by atoms with Crippen molar-refractivity contribution in [3.63, 3.8) is 0 Å². The van der Waals surface area contributed by atoms with Crippen molar-refractivity contribution in [1.29, 1.82) is 0 Å². The van der Waals surface area contributed by atoms with E-state index in [0.29, 0.717) is 16.3 Å². The number of amides is 3. The second-order valence-electron chi connectivity index (χ2n) is 6.06. The van der Waals surface area contributed by atoms with Crippen LogP contribution in [0.3, 0.4) is 0 Å². The Bertz CT molecular complexity index is 904. The van der Waals surface area contributed by atoms with E-state index in [1.807, 2.05) is 0 Å². The summed E-state index contributed by atoms with van der Waals surface area (Å²) >= 11 is 5.88. The molecule has 6 nitrogen and oxygen atoms in total. The molecule has 7 heteroatoms. The molecule has 0 saturated carbocycles. The van der Waals surface area contributed by atoms with Crippen molar-refractivity contribution in [2.75, 3.05) is 11.9 Å². The maximum absolute atomic E-state index is 12.2. The van der Waals surface area contributed by atoms with Crippen molar-refractivity contribution in [1.82, 2.24) is 10.6 Å². The SMILES string of the molecule is C#Cc1cccc(NC(=O)CNC(=O)CC(NC(C)=O)c2ccc(Cl)cc2)c1. The highest BCUT2D eigenvalue weighted by Crippen LogP contribution is 2.19. The van der Waals surface area contributed by atoms with Crippen molar-refractivity contribution in [3.8, 4) is 12.3 Å². The first-order chi connectivity index (χ1) is 13.4. The van der Waals surface area contributed by atoms with Crippen LogP contribution >= 0.6 is 11.6 Å². The topological polar surface area (TPSA) is 87.3 Å². The number of hydrogen-bond donors (Lipinski definition) is 3. The van der Waals surface area contributed by atoms with Crippen LogP contribution in [0.2, 0.25) is 5.02 Å². The zero-order valence-electron chi connectivity index (χ0n) is 15.3. The van der Waals surface area contributed by atoms with Gasteiger partial charge in [-0.2, -0.15) is 0 Å². The summed E-state index contributed by atoms with van der Waals surface area (Å²) in [6.07, 6.45) is 5.32. The Morgan fingerprint density at radius 3 is 2.46 bits per heavy atom. The minimum Gasteiger partial charge on any atom is -0.349 e. The Morgan fingerprint density at radius 2 is 1.82 bits per heavy atom. The Labute approximate surface area is 168 Å². The molecular weight excluding hydrogens is 378 g/mol. The third kappa shape index (κ3) is 6.78. The zero-order chi connectivity index (χ0) is 20.5. The molecule has 1 unspecified atom stereocenters. The van der Waals surface area contributed by atoms with Gasteiger partial charge in [-0.3, -0.25) is 14.4 Å². The van der Waals surface area contributed by atoms with Gasteiger partial charge in [-0.25, -0.2) is 0 Å². The van der Waals surface area contributed by atoms with Crippen LogP contribution in [0.25, 0.3) is 0 Å². The van der Waals surface area contributed by atoms with Gasteiger partial charge in [-0.15, -0.1) is 6.42 Å². The molecule has 3 N–H and O–H groups in total. The summed E-state index contributed by atoms with van der Waals surface area (Å²) in [7, 11) is 0. The van der Waals surface area contributed by atoms with Crippen molar-refractivity contribution in [3.05, 3.63) is 64.7 Å². The van der Waals surface area contributed by atoms with E-state index in [9.17, 15) is 14.4 Å². The van der Waals surface area contributed by atoms with Crippen LogP contribution in [0.4, 0.5) is 5.69 Å². The van der Waals surface area contributed by atoms with Crippen LogP contribution in [-0.4, -0.2) is 24.3 Å². The van der Waals surface area contributed by atoms with Gasteiger partial charge in [0.1, 0.15) is 0 Å². The van der Waals surface area contributed by atoms with Gasteiger partial charge in [0.25, 0.3) is 0 Å². The number of anilines is 1. The Morgan fingerprint density at radius 1 is 1.11 bits per heavy atom. The molecule has 0 aliphatic carbocycles. The molecule has 0 heterocycles. The van der Waals surface area contributed by atoms with E-state index >= 15 is 0 Å². The number of benzene rings is 2. The lowest BCUT2D eigenvalue weighted by molar-refractivity contribution is -0.125. The summed E-state index contributed by atoms with van der Waals surface area (Å²) in [4.78, 5) is 35.7.